The first-order valence-electron chi connectivity index (χ1n) is 11.9. The number of fused-ring (bicyclic) bond motifs is 1. The van der Waals surface area contributed by atoms with Crippen LogP contribution in [0.3, 0.4) is 0 Å². The molecule has 0 saturated heterocycles. The minimum atomic E-state index is -0.206. The van der Waals surface area contributed by atoms with Gasteiger partial charge in [0.15, 0.2) is 6.61 Å². The number of benzene rings is 2. The Hall–Kier alpha value is -2.83. The van der Waals surface area contributed by atoms with E-state index in [1.54, 1.807) is 40.5 Å². The largest absolute Gasteiger partial charge is 0.484 e. The van der Waals surface area contributed by atoms with E-state index in [1.807, 2.05) is 30.9 Å². The molecule has 1 atom stereocenters. The molecule has 2 aromatic carbocycles. The summed E-state index contributed by atoms with van der Waals surface area (Å²) in [5.74, 6) is 0.539. The van der Waals surface area contributed by atoms with Crippen LogP contribution in [0.4, 0.5) is 0 Å². The summed E-state index contributed by atoms with van der Waals surface area (Å²) in [5.41, 5.74) is 3.48. The number of halogens is 1. The molecule has 7 heteroatoms. The predicted molar refractivity (Wildman–Crippen MR) is 141 cm³/mol. The predicted octanol–water partition coefficient (Wildman–Crippen LogP) is 5.75. The second-order valence-electron chi connectivity index (χ2n) is 9.31. The SMILES string of the molecule is Cc1ccccc1C1c2ccsc2CCN1C(=O)CN(CC(C)C)C(=O)COc1ccc(Cl)cc1. The number of carbonyl (C=O) groups is 2. The molecule has 0 bridgehead atoms. The van der Waals surface area contributed by atoms with Crippen LogP contribution < -0.4 is 4.74 Å². The minimum absolute atomic E-state index is 0.0306. The first-order valence-corrected chi connectivity index (χ1v) is 13.2. The molecule has 0 fully saturated rings. The van der Waals surface area contributed by atoms with Crippen LogP contribution in [-0.2, 0) is 16.0 Å². The van der Waals surface area contributed by atoms with Crippen molar-refractivity contribution >= 4 is 34.8 Å². The molecule has 0 N–H and O–H groups in total. The molecule has 35 heavy (non-hydrogen) atoms. The normalized spacial score (nSPS) is 15.1. The molecule has 4 rings (SSSR count). The molecule has 0 radical (unpaired) electrons. The van der Waals surface area contributed by atoms with Gasteiger partial charge in [0.25, 0.3) is 5.91 Å². The van der Waals surface area contributed by atoms with Gasteiger partial charge in [0, 0.05) is 23.0 Å². The van der Waals surface area contributed by atoms with Crippen LogP contribution in [0.15, 0.2) is 60.0 Å². The summed E-state index contributed by atoms with van der Waals surface area (Å²) in [7, 11) is 0. The average Bonchev–Trinajstić information content (AvgIpc) is 3.31. The van der Waals surface area contributed by atoms with Gasteiger partial charge < -0.3 is 14.5 Å². The molecule has 5 nitrogen and oxygen atoms in total. The standard InChI is InChI=1S/C28H31ClN2O3S/c1-19(2)16-30(27(33)18-34-22-10-8-21(29)9-11-22)17-26(32)31-14-12-25-24(13-15-35-25)28(31)23-7-5-4-6-20(23)3/h4-11,13,15,19,28H,12,14,16-18H2,1-3H3. The molecule has 184 valence electrons. The van der Waals surface area contributed by atoms with Gasteiger partial charge in [0.05, 0.1) is 12.6 Å². The lowest BCUT2D eigenvalue weighted by Gasteiger charge is -2.38. The highest BCUT2D eigenvalue weighted by atomic mass is 35.5. The lowest BCUT2D eigenvalue weighted by atomic mass is 9.90. The van der Waals surface area contributed by atoms with Gasteiger partial charge in [-0.25, -0.2) is 0 Å². The molecule has 1 aliphatic heterocycles. The van der Waals surface area contributed by atoms with Crippen LogP contribution in [0.1, 0.15) is 41.5 Å². The first-order chi connectivity index (χ1) is 16.8. The summed E-state index contributed by atoms with van der Waals surface area (Å²) >= 11 is 7.68. The first kappa shape index (κ1) is 25.3. The molecule has 3 aromatic rings. The number of thiophene rings is 1. The van der Waals surface area contributed by atoms with Crippen molar-refractivity contribution in [3.05, 3.63) is 86.6 Å². The highest BCUT2D eigenvalue weighted by Crippen LogP contribution is 2.39. The van der Waals surface area contributed by atoms with Gasteiger partial charge >= 0.3 is 0 Å². The Kier molecular flexibility index (Phi) is 8.14. The number of aryl methyl sites for hydroxylation is 1. The maximum absolute atomic E-state index is 13.7. The van der Waals surface area contributed by atoms with E-state index in [1.165, 1.54) is 10.4 Å². The quantitative estimate of drug-likeness (QED) is 0.388. The summed E-state index contributed by atoms with van der Waals surface area (Å²) in [6.07, 6.45) is 0.832. The zero-order valence-corrected chi connectivity index (χ0v) is 21.9. The zero-order chi connectivity index (χ0) is 24.9. The molecule has 2 amide bonds. The van der Waals surface area contributed by atoms with E-state index in [4.69, 9.17) is 16.3 Å². The molecule has 1 unspecified atom stereocenters. The number of hydrogen-bond donors (Lipinski definition) is 0. The molecule has 1 aliphatic rings. The molecule has 0 saturated carbocycles. The Morgan fingerprint density at radius 2 is 1.86 bits per heavy atom. The van der Waals surface area contributed by atoms with Crippen molar-refractivity contribution in [1.82, 2.24) is 9.80 Å². The molecule has 0 aliphatic carbocycles. The molecule has 1 aromatic heterocycles. The lowest BCUT2D eigenvalue weighted by Crippen LogP contribution is -2.48. The zero-order valence-electron chi connectivity index (χ0n) is 20.4. The van der Waals surface area contributed by atoms with Gasteiger partial charge in [0.2, 0.25) is 5.91 Å². The van der Waals surface area contributed by atoms with Crippen molar-refractivity contribution in [2.45, 2.75) is 33.2 Å². The van der Waals surface area contributed by atoms with E-state index in [0.717, 1.165) is 17.5 Å². The van der Waals surface area contributed by atoms with Crippen LogP contribution >= 0.6 is 22.9 Å². The van der Waals surface area contributed by atoms with E-state index in [2.05, 4.69) is 30.5 Å². The number of rotatable bonds is 8. The number of hydrogen-bond acceptors (Lipinski definition) is 4. The Labute approximate surface area is 216 Å². The third-order valence-corrected chi connectivity index (χ3v) is 7.46. The van der Waals surface area contributed by atoms with Crippen LogP contribution in [0.5, 0.6) is 5.75 Å². The third kappa shape index (κ3) is 6.06. The van der Waals surface area contributed by atoms with E-state index in [0.29, 0.717) is 23.9 Å². The van der Waals surface area contributed by atoms with Crippen molar-refractivity contribution in [2.75, 3.05) is 26.2 Å². The third-order valence-electron chi connectivity index (χ3n) is 6.21. The fourth-order valence-corrected chi connectivity index (χ4v) is 5.56. The van der Waals surface area contributed by atoms with Crippen molar-refractivity contribution in [3.8, 4) is 5.75 Å². The maximum atomic E-state index is 13.7. The summed E-state index contributed by atoms with van der Waals surface area (Å²) < 4.78 is 5.68. The van der Waals surface area contributed by atoms with Crippen LogP contribution in [0.25, 0.3) is 0 Å². The Balaban J connectivity index is 1.52. The van der Waals surface area contributed by atoms with Crippen LogP contribution in [-0.4, -0.2) is 47.9 Å². The summed E-state index contributed by atoms with van der Waals surface area (Å²) in [6, 6.07) is 17.1. The van der Waals surface area contributed by atoms with Crippen molar-refractivity contribution < 1.29 is 14.3 Å². The fraction of sp³-hybridized carbons (Fsp3) is 0.357. The van der Waals surface area contributed by atoms with Gasteiger partial charge in [-0.05, 0) is 71.7 Å². The average molecular weight is 511 g/mol. The monoisotopic (exact) mass is 510 g/mol. The van der Waals surface area contributed by atoms with Gasteiger partial charge in [-0.1, -0.05) is 49.7 Å². The van der Waals surface area contributed by atoms with Gasteiger partial charge in [-0.2, -0.15) is 0 Å². The maximum Gasteiger partial charge on any atom is 0.260 e. The minimum Gasteiger partial charge on any atom is -0.484 e. The topological polar surface area (TPSA) is 49.9 Å². The highest BCUT2D eigenvalue weighted by Gasteiger charge is 2.34. The lowest BCUT2D eigenvalue weighted by molar-refractivity contribution is -0.143. The van der Waals surface area contributed by atoms with Crippen molar-refractivity contribution in [2.24, 2.45) is 5.92 Å². The van der Waals surface area contributed by atoms with E-state index < -0.39 is 0 Å². The number of amides is 2. The van der Waals surface area contributed by atoms with E-state index >= 15 is 0 Å². The molecule has 0 spiro atoms. The molecular formula is C28H31ClN2O3S. The Bertz CT molecular complexity index is 1170. The molecule has 2 heterocycles. The fourth-order valence-electron chi connectivity index (χ4n) is 4.53. The summed E-state index contributed by atoms with van der Waals surface area (Å²) in [5, 5.41) is 2.71. The Morgan fingerprint density at radius 1 is 1.11 bits per heavy atom. The van der Waals surface area contributed by atoms with E-state index in [-0.39, 0.29) is 36.9 Å². The van der Waals surface area contributed by atoms with Gasteiger partial charge in [0.1, 0.15) is 5.75 Å². The van der Waals surface area contributed by atoms with Crippen LogP contribution in [0.2, 0.25) is 5.02 Å². The Morgan fingerprint density at radius 3 is 2.57 bits per heavy atom. The van der Waals surface area contributed by atoms with Gasteiger partial charge in [-0.15, -0.1) is 11.3 Å². The van der Waals surface area contributed by atoms with Crippen molar-refractivity contribution in [3.63, 3.8) is 0 Å². The second-order valence-corrected chi connectivity index (χ2v) is 10.7. The summed E-state index contributed by atoms with van der Waals surface area (Å²) in [4.78, 5) is 31.7. The summed E-state index contributed by atoms with van der Waals surface area (Å²) in [6.45, 7) is 7.19. The van der Waals surface area contributed by atoms with Gasteiger partial charge in [-0.3, -0.25) is 9.59 Å². The highest BCUT2D eigenvalue weighted by molar-refractivity contribution is 7.10. The van der Waals surface area contributed by atoms with Crippen molar-refractivity contribution in [1.29, 1.82) is 0 Å². The molecular weight excluding hydrogens is 480 g/mol. The van der Waals surface area contributed by atoms with E-state index in [9.17, 15) is 9.59 Å². The van der Waals surface area contributed by atoms with Crippen LogP contribution in [0, 0.1) is 12.8 Å². The number of ether oxygens (including phenoxy) is 1. The second kappa shape index (κ2) is 11.3. The number of carbonyl (C=O) groups excluding carboxylic acids is 2. The smallest absolute Gasteiger partial charge is 0.260 e. The number of nitrogens with zero attached hydrogens (tertiary/aromatic N) is 2.